The quantitative estimate of drug-likeness (QED) is 0.286. The number of hydrogen-bond acceptors (Lipinski definition) is 3. The van der Waals surface area contributed by atoms with E-state index in [0.29, 0.717) is 11.7 Å². The molecule has 126 valence electrons. The highest BCUT2D eigenvalue weighted by atomic mass is 16.6. The fourth-order valence-electron chi connectivity index (χ4n) is 3.82. The molecule has 4 atom stereocenters. The molecule has 2 fully saturated rings. The molecule has 2 aliphatic heterocycles. The minimum atomic E-state index is -0.228. The average Bonchev–Trinajstić information content (AvgIpc) is 3.05. The van der Waals surface area contributed by atoms with Crippen molar-refractivity contribution in [2.24, 2.45) is 5.92 Å². The van der Waals surface area contributed by atoms with Crippen LogP contribution >= 0.6 is 0 Å². The molecule has 0 N–H and O–H groups in total. The van der Waals surface area contributed by atoms with Crippen molar-refractivity contribution in [3.05, 3.63) is 35.5 Å². The first-order valence-electron chi connectivity index (χ1n) is 8.78. The Balaban J connectivity index is 1.79. The van der Waals surface area contributed by atoms with Gasteiger partial charge in [-0.2, -0.15) is 0 Å². The number of ether oxygens (including phenoxy) is 2. The molecule has 3 heteroatoms. The van der Waals surface area contributed by atoms with Gasteiger partial charge in [0.05, 0.1) is 11.7 Å². The number of allylic oxidation sites excluding steroid dienone is 4. The lowest BCUT2D eigenvalue weighted by atomic mass is 9.85. The van der Waals surface area contributed by atoms with Crippen LogP contribution in [0.3, 0.4) is 0 Å². The SMILES string of the molecule is C=C1C(=O)O[C@@H]2C[C@]3(C)O[C@H]3CC/C(C)=C\CC/C(C)=C/C[C@@H]12. The summed E-state index contributed by atoms with van der Waals surface area (Å²) in [4.78, 5) is 11.9. The largest absolute Gasteiger partial charge is 0.458 e. The number of rotatable bonds is 0. The highest BCUT2D eigenvalue weighted by Gasteiger charge is 2.55. The van der Waals surface area contributed by atoms with E-state index in [-0.39, 0.29) is 23.6 Å². The summed E-state index contributed by atoms with van der Waals surface area (Å²) >= 11 is 0. The lowest BCUT2D eigenvalue weighted by Gasteiger charge is -2.19. The maximum absolute atomic E-state index is 11.9. The molecule has 0 unspecified atom stereocenters. The van der Waals surface area contributed by atoms with E-state index in [1.54, 1.807) is 0 Å². The second-order valence-electron chi connectivity index (χ2n) is 7.61. The van der Waals surface area contributed by atoms with Gasteiger partial charge in [0.2, 0.25) is 0 Å². The maximum atomic E-state index is 11.9. The normalized spacial score (nSPS) is 43.2. The van der Waals surface area contributed by atoms with Gasteiger partial charge in [-0.3, -0.25) is 0 Å². The molecule has 3 nitrogen and oxygen atoms in total. The van der Waals surface area contributed by atoms with Crippen molar-refractivity contribution in [2.75, 3.05) is 0 Å². The van der Waals surface area contributed by atoms with Gasteiger partial charge >= 0.3 is 5.97 Å². The van der Waals surface area contributed by atoms with E-state index >= 15 is 0 Å². The summed E-state index contributed by atoms with van der Waals surface area (Å²) in [6, 6.07) is 0. The zero-order valence-electron chi connectivity index (χ0n) is 14.6. The van der Waals surface area contributed by atoms with Gasteiger partial charge in [0.15, 0.2) is 0 Å². The summed E-state index contributed by atoms with van der Waals surface area (Å²) in [5.41, 5.74) is 3.31. The number of epoxide rings is 1. The maximum Gasteiger partial charge on any atom is 0.334 e. The Hall–Kier alpha value is -1.35. The predicted molar refractivity (Wildman–Crippen MR) is 91.0 cm³/mol. The minimum Gasteiger partial charge on any atom is -0.458 e. The Morgan fingerprint density at radius 2 is 1.96 bits per heavy atom. The number of fused-ring (bicyclic) bond motifs is 2. The van der Waals surface area contributed by atoms with Crippen LogP contribution in [-0.2, 0) is 14.3 Å². The van der Waals surface area contributed by atoms with Crippen LogP contribution in [0.4, 0.5) is 0 Å². The van der Waals surface area contributed by atoms with Crippen molar-refractivity contribution in [3.63, 3.8) is 0 Å². The van der Waals surface area contributed by atoms with E-state index < -0.39 is 0 Å². The zero-order chi connectivity index (χ0) is 16.6. The summed E-state index contributed by atoms with van der Waals surface area (Å²) < 4.78 is 11.6. The van der Waals surface area contributed by atoms with Gasteiger partial charge < -0.3 is 9.47 Å². The third-order valence-corrected chi connectivity index (χ3v) is 5.61. The van der Waals surface area contributed by atoms with Gasteiger partial charge in [0, 0.05) is 17.9 Å². The van der Waals surface area contributed by atoms with Gasteiger partial charge in [-0.25, -0.2) is 4.79 Å². The molecule has 0 aromatic heterocycles. The molecule has 0 radical (unpaired) electrons. The average molecular weight is 316 g/mol. The standard InChI is InChI=1S/C20H28O3/c1-13-6-5-7-14(2)9-11-18-20(4,23-18)12-17-16(10-8-13)15(3)19(21)22-17/h7-8,16-18H,3,5-6,9-12H2,1-2,4H3/b13-8+,14-7-/t16-,17+,18-,20-/m0/s1. The van der Waals surface area contributed by atoms with Crippen LogP contribution in [0.1, 0.15) is 59.3 Å². The molecule has 3 rings (SSSR count). The topological polar surface area (TPSA) is 38.8 Å². The van der Waals surface area contributed by atoms with Crippen LogP contribution in [0.25, 0.3) is 0 Å². The van der Waals surface area contributed by atoms with Crippen molar-refractivity contribution >= 4 is 5.97 Å². The smallest absolute Gasteiger partial charge is 0.334 e. The molecule has 1 aliphatic carbocycles. The molecular formula is C20H28O3. The Morgan fingerprint density at radius 3 is 2.74 bits per heavy atom. The van der Waals surface area contributed by atoms with E-state index in [1.165, 1.54) is 11.1 Å². The fraction of sp³-hybridized carbons (Fsp3) is 0.650. The molecule has 2 heterocycles. The van der Waals surface area contributed by atoms with E-state index in [1.807, 2.05) is 0 Å². The first-order chi connectivity index (χ1) is 10.9. The zero-order valence-corrected chi connectivity index (χ0v) is 14.6. The minimum absolute atomic E-state index is 0.0892. The highest BCUT2D eigenvalue weighted by Crippen LogP contribution is 2.47. The molecular weight excluding hydrogens is 288 g/mol. The lowest BCUT2D eigenvalue weighted by molar-refractivity contribution is -0.139. The third kappa shape index (κ3) is 3.60. The van der Waals surface area contributed by atoms with Gasteiger partial charge in [-0.1, -0.05) is 29.9 Å². The van der Waals surface area contributed by atoms with Crippen molar-refractivity contribution in [1.82, 2.24) is 0 Å². The van der Waals surface area contributed by atoms with E-state index in [4.69, 9.17) is 9.47 Å². The number of esters is 1. The first-order valence-corrected chi connectivity index (χ1v) is 8.78. The third-order valence-electron chi connectivity index (χ3n) is 5.61. The summed E-state index contributed by atoms with van der Waals surface area (Å²) in [7, 11) is 0. The van der Waals surface area contributed by atoms with Crippen molar-refractivity contribution in [2.45, 2.75) is 77.1 Å². The summed E-state index contributed by atoms with van der Waals surface area (Å²) in [6.45, 7) is 10.5. The summed E-state index contributed by atoms with van der Waals surface area (Å²) in [6.07, 6.45) is 10.7. The number of carbonyl (C=O) groups excluding carboxylic acids is 1. The Kier molecular flexibility index (Phi) is 4.50. The van der Waals surface area contributed by atoms with Gasteiger partial charge in [-0.05, 0) is 52.9 Å². The van der Waals surface area contributed by atoms with Gasteiger partial charge in [-0.15, -0.1) is 0 Å². The predicted octanol–water partition coefficient (Wildman–Crippen LogP) is 4.49. The number of hydrogen-bond donors (Lipinski definition) is 0. The molecule has 0 amide bonds. The van der Waals surface area contributed by atoms with Gasteiger partial charge in [0.25, 0.3) is 0 Å². The van der Waals surface area contributed by atoms with Crippen molar-refractivity contribution in [1.29, 1.82) is 0 Å². The van der Waals surface area contributed by atoms with Crippen LogP contribution in [-0.4, -0.2) is 23.8 Å². The van der Waals surface area contributed by atoms with Crippen LogP contribution in [0.15, 0.2) is 35.5 Å². The second kappa shape index (κ2) is 6.27. The van der Waals surface area contributed by atoms with Crippen molar-refractivity contribution in [3.8, 4) is 0 Å². The molecule has 0 spiro atoms. The highest BCUT2D eigenvalue weighted by molar-refractivity contribution is 5.90. The van der Waals surface area contributed by atoms with E-state index in [2.05, 4.69) is 39.5 Å². The second-order valence-corrected chi connectivity index (χ2v) is 7.61. The van der Waals surface area contributed by atoms with Crippen LogP contribution in [0.5, 0.6) is 0 Å². The van der Waals surface area contributed by atoms with Crippen LogP contribution in [0, 0.1) is 5.92 Å². The van der Waals surface area contributed by atoms with Crippen LogP contribution in [0.2, 0.25) is 0 Å². The van der Waals surface area contributed by atoms with E-state index in [9.17, 15) is 4.79 Å². The summed E-state index contributed by atoms with van der Waals surface area (Å²) in [5.74, 6) is -0.131. The Morgan fingerprint density at radius 1 is 1.22 bits per heavy atom. The van der Waals surface area contributed by atoms with Crippen LogP contribution < -0.4 is 0 Å². The summed E-state index contributed by atoms with van der Waals surface area (Å²) in [5, 5.41) is 0. The fourth-order valence-corrected chi connectivity index (χ4v) is 3.82. The monoisotopic (exact) mass is 316 g/mol. The number of carbonyl (C=O) groups is 1. The molecule has 3 aliphatic rings. The van der Waals surface area contributed by atoms with E-state index in [0.717, 1.165) is 38.5 Å². The molecule has 0 saturated carbocycles. The molecule has 0 bridgehead atoms. The molecule has 2 saturated heterocycles. The molecule has 0 aromatic carbocycles. The van der Waals surface area contributed by atoms with Crippen molar-refractivity contribution < 1.29 is 14.3 Å². The lowest BCUT2D eigenvalue weighted by Crippen LogP contribution is -2.25. The molecule has 0 aromatic rings. The molecule has 23 heavy (non-hydrogen) atoms. The Labute approximate surface area is 139 Å². The Bertz CT molecular complexity index is 571. The van der Waals surface area contributed by atoms with Gasteiger partial charge in [0.1, 0.15) is 6.10 Å². The first kappa shape index (κ1) is 16.5.